The van der Waals surface area contributed by atoms with E-state index in [1.54, 1.807) is 6.07 Å². The van der Waals surface area contributed by atoms with Gasteiger partial charge in [0.25, 0.3) is 0 Å². The van der Waals surface area contributed by atoms with Crippen LogP contribution in [-0.2, 0) is 12.4 Å². The Hall–Kier alpha value is -2.74. The lowest BCUT2D eigenvalue weighted by Crippen LogP contribution is -2.04. The van der Waals surface area contributed by atoms with Crippen LogP contribution in [0, 0.1) is 5.82 Å². The molecule has 0 unspecified atom stereocenters. The SMILES string of the molecule is FC(F)(F)c1ccccc1.[N-]=[N+]=Nc1ccc(C(F)(F)F)cc1F. The minimum absolute atomic E-state index is 0.282. The number of rotatable bonds is 1. The summed E-state index contributed by atoms with van der Waals surface area (Å²) in [5.41, 5.74) is 5.76. The number of hydrogen-bond donors (Lipinski definition) is 0. The van der Waals surface area contributed by atoms with E-state index in [1.165, 1.54) is 12.1 Å². The van der Waals surface area contributed by atoms with Crippen LogP contribution in [0.25, 0.3) is 10.4 Å². The number of nitrogens with zero attached hydrogens (tertiary/aromatic N) is 3. The molecule has 0 aliphatic rings. The summed E-state index contributed by atoms with van der Waals surface area (Å²) in [4.78, 5) is 2.26. The summed E-state index contributed by atoms with van der Waals surface area (Å²) in [6, 6.07) is 8.07. The van der Waals surface area contributed by atoms with Crippen LogP contribution in [0.5, 0.6) is 0 Å². The van der Waals surface area contributed by atoms with Crippen LogP contribution in [0.15, 0.2) is 53.6 Å². The minimum atomic E-state index is -4.60. The van der Waals surface area contributed by atoms with Gasteiger partial charge in [-0.2, -0.15) is 26.3 Å². The third-order valence-electron chi connectivity index (χ3n) is 2.53. The normalized spacial score (nSPS) is 11.1. The first-order chi connectivity index (χ1) is 11.1. The van der Waals surface area contributed by atoms with Gasteiger partial charge in [0.1, 0.15) is 5.82 Å². The van der Waals surface area contributed by atoms with Crippen molar-refractivity contribution >= 4 is 5.69 Å². The third kappa shape index (κ3) is 5.81. The van der Waals surface area contributed by atoms with Gasteiger partial charge < -0.3 is 0 Å². The van der Waals surface area contributed by atoms with Gasteiger partial charge in [-0.15, -0.1) is 0 Å². The summed E-state index contributed by atoms with van der Waals surface area (Å²) in [6.45, 7) is 0. The first-order valence-electron chi connectivity index (χ1n) is 6.10. The molecule has 0 N–H and O–H groups in total. The molecule has 3 nitrogen and oxygen atoms in total. The predicted molar refractivity (Wildman–Crippen MR) is 71.7 cm³/mol. The van der Waals surface area contributed by atoms with E-state index in [1.807, 2.05) is 0 Å². The molecule has 0 saturated heterocycles. The van der Waals surface area contributed by atoms with E-state index in [-0.39, 0.29) is 6.07 Å². The van der Waals surface area contributed by atoms with Crippen LogP contribution in [0.2, 0.25) is 0 Å². The second-order valence-electron chi connectivity index (χ2n) is 4.22. The number of azide groups is 1. The molecule has 2 aromatic rings. The first-order valence-corrected chi connectivity index (χ1v) is 6.10. The number of halogens is 7. The second kappa shape index (κ2) is 7.69. The molecule has 0 spiro atoms. The monoisotopic (exact) mass is 351 g/mol. The molecule has 0 radical (unpaired) electrons. The molecule has 2 aromatic carbocycles. The van der Waals surface area contributed by atoms with Gasteiger partial charge in [0.05, 0.1) is 16.8 Å². The Morgan fingerprint density at radius 2 is 1.33 bits per heavy atom. The van der Waals surface area contributed by atoms with E-state index in [0.717, 1.165) is 18.2 Å². The van der Waals surface area contributed by atoms with E-state index in [0.29, 0.717) is 6.07 Å². The zero-order chi connectivity index (χ0) is 18.4. The maximum Gasteiger partial charge on any atom is 0.416 e. The molecule has 0 atom stereocenters. The van der Waals surface area contributed by atoms with Crippen LogP contribution in [-0.4, -0.2) is 0 Å². The van der Waals surface area contributed by atoms with Gasteiger partial charge in [0.15, 0.2) is 0 Å². The van der Waals surface area contributed by atoms with Crippen LogP contribution in [0.1, 0.15) is 11.1 Å². The van der Waals surface area contributed by atoms with Crippen molar-refractivity contribution in [3.8, 4) is 0 Å². The lowest BCUT2D eigenvalue weighted by Gasteiger charge is -2.06. The minimum Gasteiger partial charge on any atom is -0.206 e. The van der Waals surface area contributed by atoms with Gasteiger partial charge in [0.2, 0.25) is 0 Å². The fraction of sp³-hybridized carbons (Fsp3) is 0.143. The van der Waals surface area contributed by atoms with Crippen molar-refractivity contribution in [1.29, 1.82) is 0 Å². The van der Waals surface area contributed by atoms with E-state index < -0.39 is 35.0 Å². The fourth-order valence-electron chi connectivity index (χ4n) is 1.44. The molecule has 0 amide bonds. The van der Waals surface area contributed by atoms with Crippen molar-refractivity contribution in [3.63, 3.8) is 0 Å². The van der Waals surface area contributed by atoms with Gasteiger partial charge in [-0.3, -0.25) is 0 Å². The first kappa shape index (κ1) is 19.3. The molecule has 128 valence electrons. The highest BCUT2D eigenvalue weighted by atomic mass is 19.4. The quantitative estimate of drug-likeness (QED) is 0.244. The summed E-state index contributed by atoms with van der Waals surface area (Å²) in [6.07, 6.45) is -8.81. The Morgan fingerprint density at radius 1 is 0.792 bits per heavy atom. The lowest BCUT2D eigenvalue weighted by molar-refractivity contribution is -0.138. The lowest BCUT2D eigenvalue weighted by atomic mass is 10.2. The maximum absolute atomic E-state index is 12.8. The van der Waals surface area contributed by atoms with Crippen LogP contribution < -0.4 is 0 Å². The highest BCUT2D eigenvalue weighted by Gasteiger charge is 2.31. The van der Waals surface area contributed by atoms with Gasteiger partial charge in [-0.05, 0) is 23.7 Å². The molecule has 10 heteroatoms. The van der Waals surface area contributed by atoms with Crippen LogP contribution >= 0.6 is 0 Å². The van der Waals surface area contributed by atoms with E-state index in [4.69, 9.17) is 5.53 Å². The summed E-state index contributed by atoms with van der Waals surface area (Å²) < 4.78 is 84.2. The van der Waals surface area contributed by atoms with E-state index in [9.17, 15) is 30.7 Å². The second-order valence-corrected chi connectivity index (χ2v) is 4.22. The van der Waals surface area contributed by atoms with E-state index in [2.05, 4.69) is 10.0 Å². The van der Waals surface area contributed by atoms with Crippen molar-refractivity contribution in [2.75, 3.05) is 0 Å². The molecule has 0 fully saturated rings. The predicted octanol–water partition coefficient (Wildman–Crippen LogP) is 6.49. The van der Waals surface area contributed by atoms with Gasteiger partial charge >= 0.3 is 12.4 Å². The Labute approximate surface area is 131 Å². The van der Waals surface area contributed by atoms with E-state index >= 15 is 0 Å². The van der Waals surface area contributed by atoms with Gasteiger partial charge in [0, 0.05) is 4.91 Å². The van der Waals surface area contributed by atoms with Crippen molar-refractivity contribution in [1.82, 2.24) is 0 Å². The highest BCUT2D eigenvalue weighted by Crippen LogP contribution is 2.32. The number of alkyl halides is 6. The zero-order valence-electron chi connectivity index (χ0n) is 11.6. The standard InChI is InChI=1S/C7H3F4N3.C7H5F3/c8-5-3-4(7(9,10)11)1-2-6(5)13-14-12;8-7(9,10)6-4-2-1-3-5-6/h1-3H;1-5H. The molecular weight excluding hydrogens is 343 g/mol. The fourth-order valence-corrected chi connectivity index (χ4v) is 1.44. The smallest absolute Gasteiger partial charge is 0.206 e. The van der Waals surface area contributed by atoms with Crippen molar-refractivity contribution in [2.24, 2.45) is 5.11 Å². The Morgan fingerprint density at radius 3 is 1.71 bits per heavy atom. The molecular formula is C14H8F7N3. The molecule has 0 aliphatic heterocycles. The van der Waals surface area contributed by atoms with Crippen molar-refractivity contribution in [3.05, 3.63) is 75.9 Å². The average molecular weight is 351 g/mol. The molecule has 0 heterocycles. The molecule has 2 rings (SSSR count). The summed E-state index contributed by atoms with van der Waals surface area (Å²) >= 11 is 0. The summed E-state index contributed by atoms with van der Waals surface area (Å²) in [7, 11) is 0. The van der Waals surface area contributed by atoms with Gasteiger partial charge in [-0.25, -0.2) is 4.39 Å². The highest BCUT2D eigenvalue weighted by molar-refractivity contribution is 5.41. The average Bonchev–Trinajstić information content (AvgIpc) is 2.49. The molecule has 24 heavy (non-hydrogen) atoms. The van der Waals surface area contributed by atoms with Crippen LogP contribution in [0.4, 0.5) is 36.4 Å². The topological polar surface area (TPSA) is 48.8 Å². The zero-order valence-corrected chi connectivity index (χ0v) is 11.6. The summed E-state index contributed by atoms with van der Waals surface area (Å²) in [5, 5.41) is 2.87. The molecule has 0 aromatic heterocycles. The van der Waals surface area contributed by atoms with Gasteiger partial charge in [-0.1, -0.05) is 35.4 Å². The van der Waals surface area contributed by atoms with Crippen molar-refractivity contribution < 1.29 is 30.7 Å². The third-order valence-corrected chi connectivity index (χ3v) is 2.53. The largest absolute Gasteiger partial charge is 0.416 e. The molecule has 0 saturated carbocycles. The Bertz CT molecular complexity index is 717. The molecule has 0 aliphatic carbocycles. The molecule has 0 bridgehead atoms. The number of hydrogen-bond acceptors (Lipinski definition) is 1. The summed E-state index contributed by atoms with van der Waals surface area (Å²) in [5.74, 6) is -1.20. The Kier molecular flexibility index (Phi) is 6.19. The maximum atomic E-state index is 12.8. The van der Waals surface area contributed by atoms with Crippen molar-refractivity contribution in [2.45, 2.75) is 12.4 Å². The Balaban J connectivity index is 0.000000254. The van der Waals surface area contributed by atoms with Crippen LogP contribution in [0.3, 0.4) is 0 Å². The number of benzene rings is 2.